The van der Waals surface area contributed by atoms with Crippen LogP contribution in [0.4, 0.5) is 0 Å². The Bertz CT molecular complexity index is 114. The molecule has 118 valence electrons. The van der Waals surface area contributed by atoms with Crippen molar-refractivity contribution in [2.24, 2.45) is 5.90 Å². The molecule has 2 heteroatoms. The fourth-order valence-corrected chi connectivity index (χ4v) is 2.03. The summed E-state index contributed by atoms with van der Waals surface area (Å²) in [7, 11) is 0. The standard InChI is InChI=1S/C14H31NO.C3H8/c1-2-3-4-5-6-7-8-9-10-11-12-13-14-16-15;1-3-2/h2-15H2,1H3;3H2,1-2H3. The lowest BCUT2D eigenvalue weighted by molar-refractivity contribution is 0.133. The monoisotopic (exact) mass is 273 g/mol. The van der Waals surface area contributed by atoms with Gasteiger partial charge in [0.1, 0.15) is 0 Å². The van der Waals surface area contributed by atoms with E-state index in [4.69, 9.17) is 5.90 Å². The molecule has 0 aliphatic rings. The lowest BCUT2D eigenvalue weighted by Gasteiger charge is -2.02. The highest BCUT2D eigenvalue weighted by Crippen LogP contribution is 2.11. The fraction of sp³-hybridized carbons (Fsp3) is 1.00. The summed E-state index contributed by atoms with van der Waals surface area (Å²) in [5.74, 6) is 4.96. The lowest BCUT2D eigenvalue weighted by Crippen LogP contribution is -2.00. The number of rotatable bonds is 13. The molecule has 2 nitrogen and oxygen atoms in total. The van der Waals surface area contributed by atoms with E-state index in [-0.39, 0.29) is 0 Å². The van der Waals surface area contributed by atoms with Gasteiger partial charge in [0.05, 0.1) is 6.61 Å². The van der Waals surface area contributed by atoms with E-state index in [9.17, 15) is 0 Å². The maximum absolute atomic E-state index is 4.96. The second kappa shape index (κ2) is 23.0. The summed E-state index contributed by atoms with van der Waals surface area (Å²) in [6, 6.07) is 0. The zero-order valence-electron chi connectivity index (χ0n) is 13.9. The van der Waals surface area contributed by atoms with Crippen molar-refractivity contribution >= 4 is 0 Å². The number of hydrogen-bond donors (Lipinski definition) is 1. The van der Waals surface area contributed by atoms with Crippen molar-refractivity contribution in [3.8, 4) is 0 Å². The summed E-state index contributed by atoms with van der Waals surface area (Å²) in [6.45, 7) is 7.24. The molecule has 0 spiro atoms. The van der Waals surface area contributed by atoms with E-state index in [1.54, 1.807) is 0 Å². The predicted molar refractivity (Wildman–Crippen MR) is 87.2 cm³/mol. The van der Waals surface area contributed by atoms with Crippen molar-refractivity contribution in [2.75, 3.05) is 6.61 Å². The van der Waals surface area contributed by atoms with Crippen LogP contribution in [0.2, 0.25) is 0 Å². The van der Waals surface area contributed by atoms with Crippen molar-refractivity contribution < 1.29 is 4.84 Å². The minimum Gasteiger partial charge on any atom is -0.305 e. The van der Waals surface area contributed by atoms with Gasteiger partial charge in [-0.1, -0.05) is 97.8 Å². The minimum atomic E-state index is 0.720. The minimum absolute atomic E-state index is 0.720. The first kappa shape index (κ1) is 21.2. The van der Waals surface area contributed by atoms with Crippen LogP contribution in [0.1, 0.15) is 104 Å². The molecule has 0 aliphatic heterocycles. The highest BCUT2D eigenvalue weighted by molar-refractivity contribution is 4.48. The lowest BCUT2D eigenvalue weighted by atomic mass is 10.1. The molecule has 0 aromatic carbocycles. The van der Waals surface area contributed by atoms with Crippen LogP contribution in [-0.4, -0.2) is 6.61 Å². The van der Waals surface area contributed by atoms with Gasteiger partial charge in [-0.25, -0.2) is 5.90 Å². The summed E-state index contributed by atoms with van der Waals surface area (Å²) in [4.78, 5) is 4.53. The number of unbranched alkanes of at least 4 members (excludes halogenated alkanes) is 11. The Labute approximate surface area is 122 Å². The average molecular weight is 274 g/mol. The Hall–Kier alpha value is -0.0800. The molecule has 0 amide bonds. The van der Waals surface area contributed by atoms with Crippen LogP contribution >= 0.6 is 0 Å². The first-order valence-corrected chi connectivity index (χ1v) is 8.65. The Kier molecular flexibility index (Phi) is 25.7. The van der Waals surface area contributed by atoms with Crippen molar-refractivity contribution in [3.05, 3.63) is 0 Å². The maximum atomic E-state index is 4.96. The first-order valence-electron chi connectivity index (χ1n) is 8.65. The molecule has 0 aromatic rings. The molecule has 19 heavy (non-hydrogen) atoms. The van der Waals surface area contributed by atoms with Crippen molar-refractivity contribution in [1.29, 1.82) is 0 Å². The molecule has 0 unspecified atom stereocenters. The van der Waals surface area contributed by atoms with Crippen LogP contribution in [0, 0.1) is 0 Å². The molecule has 0 aromatic heterocycles. The smallest absolute Gasteiger partial charge is 0.0679 e. The summed E-state index contributed by atoms with van der Waals surface area (Å²) in [5, 5.41) is 0. The van der Waals surface area contributed by atoms with Crippen LogP contribution in [-0.2, 0) is 4.84 Å². The van der Waals surface area contributed by atoms with Gasteiger partial charge in [-0.05, 0) is 6.42 Å². The highest BCUT2D eigenvalue weighted by Gasteiger charge is 1.93. The third-order valence-electron chi connectivity index (χ3n) is 3.12. The Balaban J connectivity index is 0. The van der Waals surface area contributed by atoms with Crippen LogP contribution in [0.25, 0.3) is 0 Å². The second-order valence-corrected chi connectivity index (χ2v) is 5.47. The molecule has 0 heterocycles. The topological polar surface area (TPSA) is 35.2 Å². The molecule has 0 rings (SSSR count). The average Bonchev–Trinajstić information content (AvgIpc) is 2.41. The number of hydrogen-bond acceptors (Lipinski definition) is 2. The molecule has 0 saturated carbocycles. The molecule has 0 atom stereocenters. The third kappa shape index (κ3) is 27.2. The second-order valence-electron chi connectivity index (χ2n) is 5.47. The van der Waals surface area contributed by atoms with Gasteiger partial charge >= 0.3 is 0 Å². The van der Waals surface area contributed by atoms with Crippen molar-refractivity contribution in [3.63, 3.8) is 0 Å². The summed E-state index contributed by atoms with van der Waals surface area (Å²) < 4.78 is 0. The summed E-state index contributed by atoms with van der Waals surface area (Å²) in [5.41, 5.74) is 0. The third-order valence-corrected chi connectivity index (χ3v) is 3.12. The van der Waals surface area contributed by atoms with E-state index in [1.807, 2.05) is 0 Å². The van der Waals surface area contributed by atoms with Gasteiger partial charge in [0.15, 0.2) is 0 Å². The number of nitrogens with two attached hydrogens (primary N) is 1. The van der Waals surface area contributed by atoms with Crippen molar-refractivity contribution in [1.82, 2.24) is 0 Å². The van der Waals surface area contributed by atoms with Crippen LogP contribution < -0.4 is 5.90 Å². The fourth-order valence-electron chi connectivity index (χ4n) is 2.03. The Morgan fingerprint density at radius 1 is 0.579 bits per heavy atom. The van der Waals surface area contributed by atoms with Gasteiger partial charge in [0, 0.05) is 0 Å². The molecule has 0 saturated heterocycles. The SMILES string of the molecule is CCC.CCCCCCCCCCCCCCON. The first-order chi connectivity index (χ1) is 9.33. The molecular weight excluding hydrogens is 234 g/mol. The van der Waals surface area contributed by atoms with Crippen LogP contribution in [0.5, 0.6) is 0 Å². The summed E-state index contributed by atoms with van der Waals surface area (Å²) in [6.07, 6.45) is 17.8. The Morgan fingerprint density at radius 2 is 0.895 bits per heavy atom. The van der Waals surface area contributed by atoms with Gasteiger partial charge < -0.3 is 4.84 Å². The van der Waals surface area contributed by atoms with Gasteiger partial charge in [0.25, 0.3) is 0 Å². The van der Waals surface area contributed by atoms with E-state index in [1.165, 1.54) is 77.0 Å². The molecule has 0 aliphatic carbocycles. The molecule has 0 radical (unpaired) electrons. The molecule has 0 bridgehead atoms. The van der Waals surface area contributed by atoms with E-state index in [2.05, 4.69) is 25.6 Å². The van der Waals surface area contributed by atoms with E-state index >= 15 is 0 Å². The van der Waals surface area contributed by atoms with E-state index in [0.29, 0.717) is 0 Å². The van der Waals surface area contributed by atoms with Gasteiger partial charge in [0.2, 0.25) is 0 Å². The highest BCUT2D eigenvalue weighted by atomic mass is 16.6. The zero-order valence-corrected chi connectivity index (χ0v) is 13.9. The zero-order chi connectivity index (χ0) is 14.6. The van der Waals surface area contributed by atoms with Gasteiger partial charge in [-0.3, -0.25) is 0 Å². The van der Waals surface area contributed by atoms with Crippen LogP contribution in [0.3, 0.4) is 0 Å². The summed E-state index contributed by atoms with van der Waals surface area (Å²) >= 11 is 0. The quantitative estimate of drug-likeness (QED) is 0.330. The Morgan fingerprint density at radius 3 is 1.21 bits per heavy atom. The largest absolute Gasteiger partial charge is 0.305 e. The van der Waals surface area contributed by atoms with E-state index < -0.39 is 0 Å². The van der Waals surface area contributed by atoms with Gasteiger partial charge in [-0.15, -0.1) is 0 Å². The van der Waals surface area contributed by atoms with E-state index in [0.717, 1.165) is 13.0 Å². The normalized spacial score (nSPS) is 10.1. The van der Waals surface area contributed by atoms with Crippen LogP contribution in [0.15, 0.2) is 0 Å². The molecule has 2 N–H and O–H groups in total. The maximum Gasteiger partial charge on any atom is 0.0679 e. The molecule has 0 fully saturated rings. The van der Waals surface area contributed by atoms with Gasteiger partial charge in [-0.2, -0.15) is 0 Å². The predicted octanol–water partition coefficient (Wildman–Crippen LogP) is 5.99. The van der Waals surface area contributed by atoms with Crippen molar-refractivity contribution in [2.45, 2.75) is 104 Å². The molecular formula is C17H39NO.